The Balaban J connectivity index is 2.27. The van der Waals surface area contributed by atoms with Crippen molar-refractivity contribution in [2.45, 2.75) is 11.3 Å². The third-order valence-electron chi connectivity index (χ3n) is 2.86. The molecule has 0 saturated carbocycles. The second-order valence-corrected chi connectivity index (χ2v) is 6.78. The minimum absolute atomic E-state index is 0.0325. The fourth-order valence-electron chi connectivity index (χ4n) is 1.95. The van der Waals surface area contributed by atoms with Crippen LogP contribution in [0.2, 0.25) is 0 Å². The molecule has 0 heterocycles. The zero-order valence-electron chi connectivity index (χ0n) is 12.3. The van der Waals surface area contributed by atoms with Gasteiger partial charge in [-0.25, -0.2) is 8.42 Å². The van der Waals surface area contributed by atoms with Crippen molar-refractivity contribution in [3.05, 3.63) is 54.1 Å². The van der Waals surface area contributed by atoms with Gasteiger partial charge in [-0.15, -0.1) is 13.2 Å². The van der Waals surface area contributed by atoms with E-state index in [1.807, 2.05) is 0 Å². The molecule has 0 spiro atoms. The van der Waals surface area contributed by atoms with E-state index in [1.54, 1.807) is 0 Å². The van der Waals surface area contributed by atoms with Crippen molar-refractivity contribution in [1.29, 1.82) is 0 Å². The van der Waals surface area contributed by atoms with Gasteiger partial charge in [0.2, 0.25) is 0 Å². The molecule has 1 amide bonds. The van der Waals surface area contributed by atoms with E-state index in [1.165, 1.54) is 36.4 Å². The number of carbonyl (C=O) groups is 1. The molecule has 2 rings (SSSR count). The van der Waals surface area contributed by atoms with E-state index in [0.717, 1.165) is 18.4 Å². The SMILES string of the molecule is CS(=O)(=O)c1ccccc1C(=O)Nc1cccc(OC(F)(F)F)c1. The van der Waals surface area contributed by atoms with Gasteiger partial charge in [0.15, 0.2) is 9.84 Å². The number of carbonyl (C=O) groups excluding carboxylic acids is 1. The molecule has 0 fully saturated rings. The minimum atomic E-state index is -4.86. The summed E-state index contributed by atoms with van der Waals surface area (Å²) in [7, 11) is -3.64. The van der Waals surface area contributed by atoms with E-state index in [4.69, 9.17) is 0 Å². The topological polar surface area (TPSA) is 72.5 Å². The van der Waals surface area contributed by atoms with Crippen LogP contribution in [-0.2, 0) is 9.84 Å². The molecule has 128 valence electrons. The lowest BCUT2D eigenvalue weighted by Gasteiger charge is -2.12. The average Bonchev–Trinajstić information content (AvgIpc) is 2.45. The maximum atomic E-state index is 12.2. The first-order valence-electron chi connectivity index (χ1n) is 6.52. The van der Waals surface area contributed by atoms with Gasteiger partial charge in [0.05, 0.1) is 10.5 Å². The zero-order valence-corrected chi connectivity index (χ0v) is 13.1. The highest BCUT2D eigenvalue weighted by atomic mass is 32.2. The number of amides is 1. The molecule has 5 nitrogen and oxygen atoms in total. The van der Waals surface area contributed by atoms with E-state index in [0.29, 0.717) is 0 Å². The molecule has 0 atom stereocenters. The van der Waals surface area contributed by atoms with Gasteiger partial charge >= 0.3 is 6.36 Å². The van der Waals surface area contributed by atoms with Crippen molar-refractivity contribution >= 4 is 21.4 Å². The van der Waals surface area contributed by atoms with E-state index < -0.39 is 27.9 Å². The Bertz CT molecular complexity index is 863. The summed E-state index contributed by atoms with van der Waals surface area (Å²) >= 11 is 0. The molecule has 2 aromatic rings. The van der Waals surface area contributed by atoms with Crippen LogP contribution in [0.3, 0.4) is 0 Å². The van der Waals surface area contributed by atoms with Crippen molar-refractivity contribution in [2.75, 3.05) is 11.6 Å². The molecule has 0 unspecified atom stereocenters. The van der Waals surface area contributed by atoms with Crippen molar-refractivity contribution in [2.24, 2.45) is 0 Å². The van der Waals surface area contributed by atoms with Crippen LogP contribution in [0.5, 0.6) is 5.75 Å². The lowest BCUT2D eigenvalue weighted by Crippen LogP contribution is -2.18. The smallest absolute Gasteiger partial charge is 0.406 e. The molecule has 0 aliphatic heterocycles. The number of alkyl halides is 3. The number of nitrogens with one attached hydrogen (secondary N) is 1. The molecule has 0 radical (unpaired) electrons. The number of ether oxygens (including phenoxy) is 1. The molecular formula is C15H12F3NO4S. The van der Waals surface area contributed by atoms with Gasteiger partial charge in [0.25, 0.3) is 5.91 Å². The second-order valence-electron chi connectivity index (χ2n) is 4.80. The van der Waals surface area contributed by atoms with Crippen molar-refractivity contribution in [3.63, 3.8) is 0 Å². The summed E-state index contributed by atoms with van der Waals surface area (Å²) in [5.41, 5.74) is -0.0767. The molecule has 24 heavy (non-hydrogen) atoms. The van der Waals surface area contributed by atoms with E-state index in [2.05, 4.69) is 10.1 Å². The molecule has 0 aliphatic carbocycles. The summed E-state index contributed by atoms with van der Waals surface area (Å²) < 4.78 is 63.8. The van der Waals surface area contributed by atoms with E-state index >= 15 is 0 Å². The van der Waals surface area contributed by atoms with Crippen molar-refractivity contribution in [3.8, 4) is 5.75 Å². The van der Waals surface area contributed by atoms with Crippen LogP contribution in [0.25, 0.3) is 0 Å². The summed E-state index contributed by atoms with van der Waals surface area (Å²) in [6.45, 7) is 0. The quantitative estimate of drug-likeness (QED) is 0.910. The first-order valence-corrected chi connectivity index (χ1v) is 8.42. The van der Waals surface area contributed by atoms with Gasteiger partial charge in [-0.2, -0.15) is 0 Å². The Morgan fingerprint density at radius 3 is 2.38 bits per heavy atom. The van der Waals surface area contributed by atoms with Gasteiger partial charge in [-0.1, -0.05) is 18.2 Å². The standard InChI is InChI=1S/C15H12F3NO4S/c1-24(21,22)13-8-3-2-7-12(13)14(20)19-10-5-4-6-11(9-10)23-15(16,17)18/h2-9H,1H3,(H,19,20). The molecule has 0 aromatic heterocycles. The Hall–Kier alpha value is -2.55. The second kappa shape index (κ2) is 6.52. The number of hydrogen-bond acceptors (Lipinski definition) is 4. The van der Waals surface area contributed by atoms with Gasteiger partial charge < -0.3 is 10.1 Å². The molecule has 2 aromatic carbocycles. The monoisotopic (exact) mass is 359 g/mol. The van der Waals surface area contributed by atoms with Crippen LogP contribution in [0.15, 0.2) is 53.4 Å². The number of benzene rings is 2. The summed E-state index contributed by atoms with van der Waals surface area (Å²) in [5.74, 6) is -1.27. The van der Waals surface area contributed by atoms with Gasteiger partial charge in [-0.3, -0.25) is 4.79 Å². The first kappa shape index (κ1) is 17.8. The predicted molar refractivity (Wildman–Crippen MR) is 80.6 cm³/mol. The van der Waals surface area contributed by atoms with Crippen LogP contribution >= 0.6 is 0 Å². The summed E-state index contributed by atoms with van der Waals surface area (Å²) in [6.07, 6.45) is -3.90. The third kappa shape index (κ3) is 4.72. The predicted octanol–water partition coefficient (Wildman–Crippen LogP) is 3.24. The Kier molecular flexibility index (Phi) is 4.83. The van der Waals surface area contributed by atoms with Gasteiger partial charge in [0.1, 0.15) is 5.75 Å². The lowest BCUT2D eigenvalue weighted by molar-refractivity contribution is -0.274. The lowest BCUT2D eigenvalue weighted by atomic mass is 10.2. The molecule has 1 N–H and O–H groups in total. The number of hydrogen-bond donors (Lipinski definition) is 1. The van der Waals surface area contributed by atoms with Crippen LogP contribution in [-0.4, -0.2) is 26.9 Å². The Morgan fingerprint density at radius 2 is 1.75 bits per heavy atom. The van der Waals surface area contributed by atoms with Crippen LogP contribution in [0.4, 0.5) is 18.9 Å². The molecule has 0 saturated heterocycles. The van der Waals surface area contributed by atoms with E-state index in [9.17, 15) is 26.4 Å². The normalized spacial score (nSPS) is 11.8. The Labute approximate surface area is 136 Å². The van der Waals surface area contributed by atoms with Gasteiger partial charge in [0, 0.05) is 18.0 Å². The van der Waals surface area contributed by atoms with E-state index in [-0.39, 0.29) is 16.1 Å². The fourth-order valence-corrected chi connectivity index (χ4v) is 2.83. The first-order chi connectivity index (χ1) is 11.1. The summed E-state index contributed by atoms with van der Waals surface area (Å²) in [5, 5.41) is 2.35. The zero-order chi connectivity index (χ0) is 18.0. The fraction of sp³-hybridized carbons (Fsp3) is 0.133. The number of anilines is 1. The molecular weight excluding hydrogens is 347 g/mol. The minimum Gasteiger partial charge on any atom is -0.406 e. The maximum Gasteiger partial charge on any atom is 0.573 e. The van der Waals surface area contributed by atoms with Crippen LogP contribution in [0, 0.1) is 0 Å². The highest BCUT2D eigenvalue weighted by Gasteiger charge is 2.31. The third-order valence-corrected chi connectivity index (χ3v) is 4.01. The van der Waals surface area contributed by atoms with Gasteiger partial charge in [-0.05, 0) is 24.3 Å². The number of halogens is 3. The molecule has 9 heteroatoms. The summed E-state index contributed by atoms with van der Waals surface area (Å²) in [6, 6.07) is 10.2. The maximum absolute atomic E-state index is 12.2. The highest BCUT2D eigenvalue weighted by molar-refractivity contribution is 7.90. The number of rotatable bonds is 4. The molecule has 0 bridgehead atoms. The van der Waals surface area contributed by atoms with Crippen LogP contribution < -0.4 is 10.1 Å². The van der Waals surface area contributed by atoms with Crippen molar-refractivity contribution < 1.29 is 31.1 Å². The Morgan fingerprint density at radius 1 is 1.08 bits per heavy atom. The molecule has 0 aliphatic rings. The highest BCUT2D eigenvalue weighted by Crippen LogP contribution is 2.25. The number of sulfone groups is 1. The largest absolute Gasteiger partial charge is 0.573 e. The van der Waals surface area contributed by atoms with Crippen LogP contribution in [0.1, 0.15) is 10.4 Å². The van der Waals surface area contributed by atoms with Crippen molar-refractivity contribution in [1.82, 2.24) is 0 Å². The average molecular weight is 359 g/mol. The summed E-state index contributed by atoms with van der Waals surface area (Å²) in [4.78, 5) is 12.1.